The van der Waals surface area contributed by atoms with Crippen LogP contribution in [0.25, 0.3) is 0 Å². The SMILES string of the molecule is COc1ccc([C@H](N)CC(F)(F)F)c(OC)c1.Cl. The maximum Gasteiger partial charge on any atom is 0.390 e. The van der Waals surface area contributed by atoms with Gasteiger partial charge in [0.15, 0.2) is 0 Å². The zero-order valence-electron chi connectivity index (χ0n) is 9.95. The van der Waals surface area contributed by atoms with Gasteiger partial charge in [0.2, 0.25) is 0 Å². The molecule has 0 radical (unpaired) electrons. The molecule has 0 saturated heterocycles. The van der Waals surface area contributed by atoms with Crippen LogP contribution in [0.3, 0.4) is 0 Å². The zero-order valence-corrected chi connectivity index (χ0v) is 10.8. The molecule has 0 aliphatic carbocycles. The Kier molecular flexibility index (Phi) is 6.28. The topological polar surface area (TPSA) is 44.5 Å². The van der Waals surface area contributed by atoms with Crippen LogP contribution in [0.5, 0.6) is 11.5 Å². The smallest absolute Gasteiger partial charge is 0.390 e. The first-order chi connectivity index (χ1) is 7.87. The van der Waals surface area contributed by atoms with Gasteiger partial charge in [-0.3, -0.25) is 0 Å². The van der Waals surface area contributed by atoms with Crippen LogP contribution in [0.4, 0.5) is 13.2 Å². The summed E-state index contributed by atoms with van der Waals surface area (Å²) in [5.74, 6) is 0.797. The fourth-order valence-corrected chi connectivity index (χ4v) is 1.48. The lowest BCUT2D eigenvalue weighted by molar-refractivity contribution is -0.138. The maximum atomic E-state index is 12.2. The fourth-order valence-electron chi connectivity index (χ4n) is 1.48. The van der Waals surface area contributed by atoms with Crippen molar-refractivity contribution in [2.24, 2.45) is 5.73 Å². The first kappa shape index (κ1) is 16.9. The highest BCUT2D eigenvalue weighted by Gasteiger charge is 2.32. The minimum Gasteiger partial charge on any atom is -0.497 e. The van der Waals surface area contributed by atoms with Crippen LogP contribution in [0.2, 0.25) is 0 Å². The maximum absolute atomic E-state index is 12.2. The quantitative estimate of drug-likeness (QED) is 0.924. The van der Waals surface area contributed by atoms with Crippen molar-refractivity contribution in [2.45, 2.75) is 18.6 Å². The van der Waals surface area contributed by atoms with Crippen LogP contribution < -0.4 is 15.2 Å². The molecule has 1 aromatic rings. The first-order valence-electron chi connectivity index (χ1n) is 4.91. The largest absolute Gasteiger partial charge is 0.497 e. The second-order valence-corrected chi connectivity index (χ2v) is 3.53. The first-order valence-corrected chi connectivity index (χ1v) is 4.91. The Hall–Kier alpha value is -1.14. The molecule has 18 heavy (non-hydrogen) atoms. The van der Waals surface area contributed by atoms with Crippen molar-refractivity contribution in [2.75, 3.05) is 14.2 Å². The van der Waals surface area contributed by atoms with Crippen molar-refractivity contribution in [3.8, 4) is 11.5 Å². The van der Waals surface area contributed by atoms with Gasteiger partial charge in [0.1, 0.15) is 11.5 Å². The summed E-state index contributed by atoms with van der Waals surface area (Å²) < 4.78 is 46.6. The van der Waals surface area contributed by atoms with Crippen molar-refractivity contribution in [3.63, 3.8) is 0 Å². The molecular weight excluding hydrogens is 271 g/mol. The summed E-state index contributed by atoms with van der Waals surface area (Å²) in [7, 11) is 2.84. The van der Waals surface area contributed by atoms with Gasteiger partial charge in [-0.25, -0.2) is 0 Å². The molecule has 0 aliphatic rings. The van der Waals surface area contributed by atoms with Gasteiger partial charge < -0.3 is 15.2 Å². The molecule has 7 heteroatoms. The molecule has 0 bridgehead atoms. The highest BCUT2D eigenvalue weighted by atomic mass is 35.5. The Morgan fingerprint density at radius 2 is 1.83 bits per heavy atom. The van der Waals surface area contributed by atoms with Gasteiger partial charge in [0, 0.05) is 17.7 Å². The molecule has 0 saturated carbocycles. The van der Waals surface area contributed by atoms with Gasteiger partial charge in [0.05, 0.1) is 20.6 Å². The monoisotopic (exact) mass is 285 g/mol. The van der Waals surface area contributed by atoms with Crippen molar-refractivity contribution in [1.82, 2.24) is 0 Å². The molecule has 0 amide bonds. The predicted octanol–water partition coefficient (Wildman–Crippen LogP) is 3.08. The second kappa shape index (κ2) is 6.70. The van der Waals surface area contributed by atoms with E-state index in [0.29, 0.717) is 17.1 Å². The van der Waals surface area contributed by atoms with E-state index in [1.165, 1.54) is 26.4 Å². The Morgan fingerprint density at radius 3 is 2.28 bits per heavy atom. The molecule has 2 N–H and O–H groups in total. The summed E-state index contributed by atoms with van der Waals surface area (Å²) in [5, 5.41) is 0. The van der Waals surface area contributed by atoms with E-state index in [9.17, 15) is 13.2 Å². The third-order valence-corrected chi connectivity index (χ3v) is 2.29. The summed E-state index contributed by atoms with van der Waals surface area (Å²) in [6.45, 7) is 0. The highest BCUT2D eigenvalue weighted by Crippen LogP contribution is 2.34. The van der Waals surface area contributed by atoms with E-state index in [1.54, 1.807) is 6.07 Å². The van der Waals surface area contributed by atoms with Gasteiger partial charge in [-0.2, -0.15) is 13.2 Å². The Morgan fingerprint density at radius 1 is 1.22 bits per heavy atom. The minimum absolute atomic E-state index is 0. The van der Waals surface area contributed by atoms with Crippen LogP contribution in [-0.2, 0) is 0 Å². The van der Waals surface area contributed by atoms with Crippen molar-refractivity contribution in [1.29, 1.82) is 0 Å². The van der Waals surface area contributed by atoms with Gasteiger partial charge >= 0.3 is 6.18 Å². The van der Waals surface area contributed by atoms with Crippen molar-refractivity contribution >= 4 is 12.4 Å². The van der Waals surface area contributed by atoms with Gasteiger partial charge in [0.25, 0.3) is 0 Å². The molecule has 104 valence electrons. The van der Waals surface area contributed by atoms with Gasteiger partial charge in [-0.15, -0.1) is 12.4 Å². The summed E-state index contributed by atoms with van der Waals surface area (Å²) in [6.07, 6.45) is -5.39. The molecule has 0 unspecified atom stereocenters. The Bertz CT molecular complexity index is 385. The molecule has 0 aliphatic heterocycles. The van der Waals surface area contributed by atoms with Gasteiger partial charge in [-0.05, 0) is 6.07 Å². The number of hydrogen-bond acceptors (Lipinski definition) is 3. The number of benzene rings is 1. The summed E-state index contributed by atoms with van der Waals surface area (Å²) in [5.41, 5.74) is 5.82. The van der Waals surface area contributed by atoms with E-state index in [2.05, 4.69) is 0 Å². The highest BCUT2D eigenvalue weighted by molar-refractivity contribution is 5.85. The van der Waals surface area contributed by atoms with Crippen LogP contribution in [0, 0.1) is 0 Å². The number of methoxy groups -OCH3 is 2. The molecule has 1 rings (SSSR count). The van der Waals surface area contributed by atoms with Crippen LogP contribution in [-0.4, -0.2) is 20.4 Å². The van der Waals surface area contributed by atoms with Crippen LogP contribution >= 0.6 is 12.4 Å². The second-order valence-electron chi connectivity index (χ2n) is 3.53. The minimum atomic E-state index is -4.30. The number of halogens is 4. The van der Waals surface area contributed by atoms with E-state index >= 15 is 0 Å². The Balaban J connectivity index is 0.00000289. The number of hydrogen-bond donors (Lipinski definition) is 1. The lowest BCUT2D eigenvalue weighted by atomic mass is 10.0. The number of alkyl halides is 3. The van der Waals surface area contributed by atoms with E-state index in [1.807, 2.05) is 0 Å². The average Bonchev–Trinajstić information content (AvgIpc) is 2.25. The van der Waals surface area contributed by atoms with E-state index in [-0.39, 0.29) is 12.4 Å². The lowest BCUT2D eigenvalue weighted by Crippen LogP contribution is -2.20. The fraction of sp³-hybridized carbons (Fsp3) is 0.455. The molecule has 0 fully saturated rings. The molecule has 0 spiro atoms. The van der Waals surface area contributed by atoms with Crippen LogP contribution in [0.1, 0.15) is 18.0 Å². The van der Waals surface area contributed by atoms with Crippen molar-refractivity contribution in [3.05, 3.63) is 23.8 Å². The van der Waals surface area contributed by atoms with E-state index in [4.69, 9.17) is 15.2 Å². The predicted molar refractivity (Wildman–Crippen MR) is 64.4 cm³/mol. The molecule has 0 aromatic heterocycles. The number of ether oxygens (including phenoxy) is 2. The number of nitrogens with two attached hydrogens (primary N) is 1. The normalized spacial score (nSPS) is 12.6. The number of rotatable bonds is 4. The Labute approximate surface area is 109 Å². The van der Waals surface area contributed by atoms with E-state index in [0.717, 1.165) is 0 Å². The van der Waals surface area contributed by atoms with Crippen molar-refractivity contribution < 1.29 is 22.6 Å². The zero-order chi connectivity index (χ0) is 13.1. The third-order valence-electron chi connectivity index (χ3n) is 2.29. The summed E-state index contributed by atoms with van der Waals surface area (Å²) in [6, 6.07) is 3.39. The summed E-state index contributed by atoms with van der Waals surface area (Å²) >= 11 is 0. The lowest BCUT2D eigenvalue weighted by Gasteiger charge is -2.17. The average molecular weight is 286 g/mol. The molecular formula is C11H15ClF3NO2. The standard InChI is InChI=1S/C11H14F3NO2.ClH/c1-16-7-3-4-8(10(5-7)17-2)9(15)6-11(12,13)14;/h3-5,9H,6,15H2,1-2H3;1H/t9-;/m1./s1. The van der Waals surface area contributed by atoms with E-state index < -0.39 is 18.6 Å². The summed E-state index contributed by atoms with van der Waals surface area (Å²) in [4.78, 5) is 0. The van der Waals surface area contributed by atoms with Gasteiger partial charge in [-0.1, -0.05) is 6.07 Å². The third kappa shape index (κ3) is 4.62. The molecule has 1 atom stereocenters. The molecule has 3 nitrogen and oxygen atoms in total. The molecule has 1 aromatic carbocycles. The van der Waals surface area contributed by atoms with Crippen LogP contribution in [0.15, 0.2) is 18.2 Å². The molecule has 0 heterocycles.